The van der Waals surface area contributed by atoms with Crippen molar-refractivity contribution in [1.29, 1.82) is 0 Å². The topological polar surface area (TPSA) is 29.9 Å². The summed E-state index contributed by atoms with van der Waals surface area (Å²) < 4.78 is 2.18. The lowest BCUT2D eigenvalue weighted by molar-refractivity contribution is 0.522. The molecule has 0 bridgehead atoms. The van der Waals surface area contributed by atoms with E-state index in [2.05, 4.69) is 41.8 Å². The van der Waals surface area contributed by atoms with E-state index in [1.807, 2.05) is 6.33 Å². The summed E-state index contributed by atoms with van der Waals surface area (Å²) >= 11 is 0. The molecule has 86 valence electrons. The maximum Gasteiger partial charge on any atom is 0.0949 e. The van der Waals surface area contributed by atoms with Gasteiger partial charge in [0.05, 0.1) is 12.0 Å². The molecule has 15 heavy (non-hydrogen) atoms. The molecule has 0 amide bonds. The Morgan fingerprint density at radius 3 is 2.87 bits per heavy atom. The van der Waals surface area contributed by atoms with Crippen LogP contribution < -0.4 is 5.32 Å². The minimum Gasteiger partial charge on any atom is -0.337 e. The van der Waals surface area contributed by atoms with Gasteiger partial charge in [0.1, 0.15) is 0 Å². The molecule has 1 heterocycles. The molecule has 0 aliphatic heterocycles. The largest absolute Gasteiger partial charge is 0.337 e. The van der Waals surface area contributed by atoms with Gasteiger partial charge in [-0.05, 0) is 18.9 Å². The number of nitrogens with one attached hydrogen (secondary N) is 1. The van der Waals surface area contributed by atoms with Crippen molar-refractivity contribution in [1.82, 2.24) is 14.9 Å². The van der Waals surface area contributed by atoms with E-state index in [4.69, 9.17) is 0 Å². The van der Waals surface area contributed by atoms with Crippen LogP contribution in [0.1, 0.15) is 32.9 Å². The summed E-state index contributed by atoms with van der Waals surface area (Å²) in [6, 6.07) is 0. The third-order valence-electron chi connectivity index (χ3n) is 2.25. The first-order valence-corrected chi connectivity index (χ1v) is 5.93. The van der Waals surface area contributed by atoms with Crippen LogP contribution in [0.5, 0.6) is 0 Å². The van der Waals surface area contributed by atoms with Crippen LogP contribution in [0.15, 0.2) is 12.5 Å². The lowest BCUT2D eigenvalue weighted by Gasteiger charge is -2.04. The SMILES string of the molecule is CCCNCCc1cn(CC(C)C)cn1. The third kappa shape index (κ3) is 4.98. The normalized spacial score (nSPS) is 11.2. The van der Waals surface area contributed by atoms with Crippen molar-refractivity contribution in [3.8, 4) is 0 Å². The Morgan fingerprint density at radius 1 is 1.40 bits per heavy atom. The van der Waals surface area contributed by atoms with E-state index in [9.17, 15) is 0 Å². The van der Waals surface area contributed by atoms with Crippen LogP contribution in [0.25, 0.3) is 0 Å². The quantitative estimate of drug-likeness (QED) is 0.697. The van der Waals surface area contributed by atoms with Crippen LogP contribution in [0, 0.1) is 5.92 Å². The highest BCUT2D eigenvalue weighted by Gasteiger charge is 2.00. The van der Waals surface area contributed by atoms with E-state index in [0.717, 1.165) is 26.1 Å². The Morgan fingerprint density at radius 2 is 2.20 bits per heavy atom. The Bertz CT molecular complexity index is 266. The van der Waals surface area contributed by atoms with Crippen molar-refractivity contribution in [2.24, 2.45) is 5.92 Å². The van der Waals surface area contributed by atoms with Crippen molar-refractivity contribution in [3.05, 3.63) is 18.2 Å². The summed E-state index contributed by atoms with van der Waals surface area (Å²) in [4.78, 5) is 4.39. The second-order valence-corrected chi connectivity index (χ2v) is 4.46. The summed E-state index contributed by atoms with van der Waals surface area (Å²) in [6.07, 6.45) is 6.33. The number of imidazole rings is 1. The lowest BCUT2D eigenvalue weighted by Crippen LogP contribution is -2.17. The highest BCUT2D eigenvalue weighted by Crippen LogP contribution is 2.01. The smallest absolute Gasteiger partial charge is 0.0949 e. The molecule has 0 saturated heterocycles. The van der Waals surface area contributed by atoms with E-state index in [0.29, 0.717) is 5.92 Å². The van der Waals surface area contributed by atoms with Gasteiger partial charge in [-0.3, -0.25) is 0 Å². The van der Waals surface area contributed by atoms with Gasteiger partial charge in [0, 0.05) is 25.7 Å². The fraction of sp³-hybridized carbons (Fsp3) is 0.750. The van der Waals surface area contributed by atoms with Crippen LogP contribution in [0.4, 0.5) is 0 Å². The zero-order valence-electron chi connectivity index (χ0n) is 10.2. The molecule has 0 aliphatic carbocycles. The van der Waals surface area contributed by atoms with E-state index in [1.54, 1.807) is 0 Å². The van der Waals surface area contributed by atoms with Gasteiger partial charge >= 0.3 is 0 Å². The van der Waals surface area contributed by atoms with Gasteiger partial charge in [-0.15, -0.1) is 0 Å². The minimum atomic E-state index is 0.685. The standard InChI is InChI=1S/C12H23N3/c1-4-6-13-7-5-12-9-15(10-14-12)8-11(2)3/h9-11,13H,4-8H2,1-3H3. The number of nitrogens with zero attached hydrogens (tertiary/aromatic N) is 2. The first kappa shape index (κ1) is 12.2. The van der Waals surface area contributed by atoms with Crippen LogP contribution in [-0.4, -0.2) is 22.6 Å². The van der Waals surface area contributed by atoms with Gasteiger partial charge in [0.2, 0.25) is 0 Å². The monoisotopic (exact) mass is 209 g/mol. The molecule has 0 spiro atoms. The summed E-state index contributed by atoms with van der Waals surface area (Å²) in [5.74, 6) is 0.685. The van der Waals surface area contributed by atoms with Crippen molar-refractivity contribution >= 4 is 0 Å². The Kier molecular flexibility index (Phi) is 5.40. The Hall–Kier alpha value is -0.830. The first-order valence-electron chi connectivity index (χ1n) is 5.93. The average Bonchev–Trinajstić information content (AvgIpc) is 2.59. The van der Waals surface area contributed by atoms with Crippen LogP contribution in [-0.2, 0) is 13.0 Å². The van der Waals surface area contributed by atoms with Gasteiger partial charge in [0.15, 0.2) is 0 Å². The highest BCUT2D eigenvalue weighted by atomic mass is 15.0. The summed E-state index contributed by atoms with van der Waals surface area (Å²) in [5.41, 5.74) is 1.19. The molecule has 1 aromatic rings. The highest BCUT2D eigenvalue weighted by molar-refractivity contribution is 4.97. The molecule has 0 atom stereocenters. The number of hydrogen-bond acceptors (Lipinski definition) is 2. The predicted molar refractivity (Wildman–Crippen MR) is 63.9 cm³/mol. The summed E-state index contributed by atoms with van der Waals surface area (Å²) in [5, 5.41) is 3.38. The van der Waals surface area contributed by atoms with Crippen molar-refractivity contribution in [2.75, 3.05) is 13.1 Å². The van der Waals surface area contributed by atoms with Crippen molar-refractivity contribution < 1.29 is 0 Å². The van der Waals surface area contributed by atoms with Crippen LogP contribution in [0.3, 0.4) is 0 Å². The van der Waals surface area contributed by atoms with Gasteiger partial charge < -0.3 is 9.88 Å². The zero-order valence-corrected chi connectivity index (χ0v) is 10.2. The van der Waals surface area contributed by atoms with E-state index >= 15 is 0 Å². The fourth-order valence-electron chi connectivity index (χ4n) is 1.58. The molecule has 0 saturated carbocycles. The second-order valence-electron chi connectivity index (χ2n) is 4.46. The molecule has 0 radical (unpaired) electrons. The number of aromatic nitrogens is 2. The maximum atomic E-state index is 4.39. The fourth-order valence-corrected chi connectivity index (χ4v) is 1.58. The van der Waals surface area contributed by atoms with E-state index < -0.39 is 0 Å². The molecular formula is C12H23N3. The second kappa shape index (κ2) is 6.62. The molecular weight excluding hydrogens is 186 g/mol. The van der Waals surface area contributed by atoms with Gasteiger partial charge in [0.25, 0.3) is 0 Å². The molecule has 0 unspecified atom stereocenters. The molecule has 1 N–H and O–H groups in total. The molecule has 0 aromatic carbocycles. The minimum absolute atomic E-state index is 0.685. The number of hydrogen-bond donors (Lipinski definition) is 1. The summed E-state index contributed by atoms with van der Waals surface area (Å²) in [7, 11) is 0. The average molecular weight is 209 g/mol. The zero-order chi connectivity index (χ0) is 11.1. The van der Waals surface area contributed by atoms with Crippen LogP contribution >= 0.6 is 0 Å². The van der Waals surface area contributed by atoms with Gasteiger partial charge in [-0.25, -0.2) is 4.98 Å². The number of rotatable bonds is 7. The third-order valence-corrected chi connectivity index (χ3v) is 2.25. The first-order chi connectivity index (χ1) is 7.22. The molecule has 1 aromatic heterocycles. The Labute approximate surface area is 92.9 Å². The maximum absolute atomic E-state index is 4.39. The lowest BCUT2D eigenvalue weighted by atomic mass is 10.2. The molecule has 3 heteroatoms. The summed E-state index contributed by atoms with van der Waals surface area (Å²) in [6.45, 7) is 9.84. The van der Waals surface area contributed by atoms with Gasteiger partial charge in [-0.2, -0.15) is 0 Å². The van der Waals surface area contributed by atoms with Gasteiger partial charge in [-0.1, -0.05) is 20.8 Å². The van der Waals surface area contributed by atoms with E-state index in [1.165, 1.54) is 12.1 Å². The molecule has 3 nitrogen and oxygen atoms in total. The van der Waals surface area contributed by atoms with Crippen molar-refractivity contribution in [2.45, 2.75) is 40.2 Å². The predicted octanol–water partition coefficient (Wildman–Crippen LogP) is 2.08. The van der Waals surface area contributed by atoms with Crippen LogP contribution in [0.2, 0.25) is 0 Å². The molecule has 1 rings (SSSR count). The molecule has 0 fully saturated rings. The van der Waals surface area contributed by atoms with Crippen molar-refractivity contribution in [3.63, 3.8) is 0 Å². The Balaban J connectivity index is 2.26. The molecule has 0 aliphatic rings. The van der Waals surface area contributed by atoms with E-state index in [-0.39, 0.29) is 0 Å².